The van der Waals surface area contributed by atoms with Gasteiger partial charge in [0.2, 0.25) is 5.91 Å². The van der Waals surface area contributed by atoms with Crippen LogP contribution in [-0.4, -0.2) is 41.9 Å². The minimum absolute atomic E-state index is 0.0892. The van der Waals surface area contributed by atoms with Gasteiger partial charge in [0, 0.05) is 17.1 Å². The largest absolute Gasteiger partial charge is 0.484 e. The highest BCUT2D eigenvalue weighted by atomic mass is 79.9. The minimum atomic E-state index is -0.552. The van der Waals surface area contributed by atoms with E-state index >= 15 is 0 Å². The fourth-order valence-electron chi connectivity index (χ4n) is 4.18. The molecule has 2 aromatic rings. The van der Waals surface area contributed by atoms with Gasteiger partial charge < -0.3 is 15.0 Å². The molecule has 1 aliphatic carbocycles. The third kappa shape index (κ3) is 6.58. The lowest BCUT2D eigenvalue weighted by molar-refractivity contribution is -0.141. The van der Waals surface area contributed by atoms with Crippen molar-refractivity contribution in [3.63, 3.8) is 0 Å². The van der Waals surface area contributed by atoms with Gasteiger partial charge in [-0.1, -0.05) is 59.1 Å². The highest BCUT2D eigenvalue weighted by Crippen LogP contribution is 2.26. The van der Waals surface area contributed by atoms with E-state index in [9.17, 15) is 9.59 Å². The summed E-state index contributed by atoms with van der Waals surface area (Å²) < 4.78 is 6.88. The number of amides is 2. The standard InChI is InChI=1S/C26H33BrN2O3/c1-18-15-23(16-19(2)25(18)27)32-17-24(30)29(14-13-21-9-5-4-6-10-21)20(3)26(31)28-22-11-7-8-12-22/h4-6,9-10,15-16,20,22H,7-8,11-14,17H2,1-3H3,(H,28,31). The van der Waals surface area contributed by atoms with Crippen molar-refractivity contribution in [3.8, 4) is 5.75 Å². The number of carbonyl (C=O) groups excluding carboxylic acids is 2. The molecule has 3 rings (SSSR count). The Morgan fingerprint density at radius 3 is 2.38 bits per heavy atom. The molecule has 0 aliphatic heterocycles. The van der Waals surface area contributed by atoms with Crippen molar-refractivity contribution in [1.29, 1.82) is 0 Å². The van der Waals surface area contributed by atoms with E-state index in [4.69, 9.17) is 4.74 Å². The van der Waals surface area contributed by atoms with E-state index in [0.29, 0.717) is 18.7 Å². The Balaban J connectivity index is 1.68. The molecule has 0 aromatic heterocycles. The Hall–Kier alpha value is -2.34. The first-order valence-corrected chi connectivity index (χ1v) is 12.2. The Morgan fingerprint density at radius 2 is 1.75 bits per heavy atom. The van der Waals surface area contributed by atoms with Gasteiger partial charge >= 0.3 is 0 Å². The summed E-state index contributed by atoms with van der Waals surface area (Å²) in [6.45, 7) is 6.15. The van der Waals surface area contributed by atoms with E-state index in [1.54, 1.807) is 11.8 Å². The zero-order chi connectivity index (χ0) is 23.1. The van der Waals surface area contributed by atoms with Crippen LogP contribution in [0.25, 0.3) is 0 Å². The molecule has 0 radical (unpaired) electrons. The van der Waals surface area contributed by atoms with Crippen LogP contribution in [0.2, 0.25) is 0 Å². The highest BCUT2D eigenvalue weighted by molar-refractivity contribution is 9.10. The van der Waals surface area contributed by atoms with Crippen LogP contribution in [0, 0.1) is 13.8 Å². The Labute approximate surface area is 199 Å². The number of nitrogens with zero attached hydrogens (tertiary/aromatic N) is 1. The number of carbonyl (C=O) groups is 2. The summed E-state index contributed by atoms with van der Waals surface area (Å²) in [5.41, 5.74) is 3.24. The van der Waals surface area contributed by atoms with E-state index in [1.807, 2.05) is 56.3 Å². The molecule has 0 heterocycles. The first-order chi connectivity index (χ1) is 15.3. The number of nitrogens with one attached hydrogen (secondary N) is 1. The second-order valence-electron chi connectivity index (χ2n) is 8.65. The van der Waals surface area contributed by atoms with E-state index in [0.717, 1.165) is 46.8 Å². The average Bonchev–Trinajstić information content (AvgIpc) is 3.29. The van der Waals surface area contributed by atoms with Crippen LogP contribution in [0.1, 0.15) is 49.3 Å². The van der Waals surface area contributed by atoms with E-state index in [2.05, 4.69) is 21.2 Å². The minimum Gasteiger partial charge on any atom is -0.484 e. The molecule has 0 bridgehead atoms. The maximum Gasteiger partial charge on any atom is 0.261 e. The molecule has 5 nitrogen and oxygen atoms in total. The fourth-order valence-corrected chi connectivity index (χ4v) is 4.41. The topological polar surface area (TPSA) is 58.6 Å². The van der Waals surface area contributed by atoms with Gasteiger partial charge in [-0.15, -0.1) is 0 Å². The van der Waals surface area contributed by atoms with E-state index < -0.39 is 6.04 Å². The third-order valence-corrected chi connectivity index (χ3v) is 7.38. The second-order valence-corrected chi connectivity index (χ2v) is 9.44. The van der Waals surface area contributed by atoms with E-state index in [1.165, 1.54) is 0 Å². The van der Waals surface area contributed by atoms with Crippen molar-refractivity contribution >= 4 is 27.7 Å². The SMILES string of the molecule is Cc1cc(OCC(=O)N(CCc2ccccc2)C(C)C(=O)NC2CCCC2)cc(C)c1Br. The summed E-state index contributed by atoms with van der Waals surface area (Å²) in [5, 5.41) is 3.13. The first-order valence-electron chi connectivity index (χ1n) is 11.4. The zero-order valence-electron chi connectivity index (χ0n) is 19.2. The number of halogens is 1. The zero-order valence-corrected chi connectivity index (χ0v) is 20.8. The van der Waals surface area contributed by atoms with E-state index in [-0.39, 0.29) is 24.5 Å². The highest BCUT2D eigenvalue weighted by Gasteiger charge is 2.28. The number of benzene rings is 2. The molecule has 1 saturated carbocycles. The molecule has 0 spiro atoms. The van der Waals surface area contributed by atoms with Gasteiger partial charge in [-0.3, -0.25) is 9.59 Å². The predicted molar refractivity (Wildman–Crippen MR) is 131 cm³/mol. The molecule has 1 N–H and O–H groups in total. The van der Waals surface area contributed by atoms with Crippen LogP contribution < -0.4 is 10.1 Å². The monoisotopic (exact) mass is 500 g/mol. The van der Waals surface area contributed by atoms with Crippen LogP contribution in [-0.2, 0) is 16.0 Å². The van der Waals surface area contributed by atoms with Crippen molar-refractivity contribution in [2.45, 2.75) is 65.0 Å². The van der Waals surface area contributed by atoms with Crippen LogP contribution in [0.5, 0.6) is 5.75 Å². The summed E-state index contributed by atoms with van der Waals surface area (Å²) >= 11 is 3.55. The first kappa shape index (κ1) is 24.3. The van der Waals surface area contributed by atoms with Gasteiger partial charge in [-0.2, -0.15) is 0 Å². The molecule has 1 unspecified atom stereocenters. The summed E-state index contributed by atoms with van der Waals surface area (Å²) in [4.78, 5) is 27.7. The smallest absolute Gasteiger partial charge is 0.261 e. The van der Waals surface area contributed by atoms with Crippen molar-refractivity contribution in [1.82, 2.24) is 10.2 Å². The molecular weight excluding hydrogens is 468 g/mol. The summed E-state index contributed by atoms with van der Waals surface area (Å²) in [6, 6.07) is 13.5. The Kier molecular flexibility index (Phi) is 8.74. The maximum absolute atomic E-state index is 13.2. The molecular formula is C26H33BrN2O3. The maximum atomic E-state index is 13.2. The Bertz CT molecular complexity index is 903. The second kappa shape index (κ2) is 11.5. The third-order valence-electron chi connectivity index (χ3n) is 6.13. The molecule has 6 heteroatoms. The lowest BCUT2D eigenvalue weighted by atomic mass is 10.1. The van der Waals surface area contributed by atoms with Gasteiger partial charge in [0.15, 0.2) is 6.61 Å². The van der Waals surface area contributed by atoms with Crippen molar-refractivity contribution in [3.05, 3.63) is 63.6 Å². The van der Waals surface area contributed by atoms with Gasteiger partial charge in [-0.25, -0.2) is 0 Å². The molecule has 32 heavy (non-hydrogen) atoms. The van der Waals surface area contributed by atoms with Gasteiger partial charge in [0.05, 0.1) is 0 Å². The predicted octanol–water partition coefficient (Wildman–Crippen LogP) is 4.96. The molecule has 2 amide bonds. The number of aryl methyl sites for hydroxylation is 2. The quantitative estimate of drug-likeness (QED) is 0.528. The molecule has 1 atom stereocenters. The normalized spacial score (nSPS) is 14.8. The van der Waals surface area contributed by atoms with Crippen molar-refractivity contribution < 1.29 is 14.3 Å². The van der Waals surface area contributed by atoms with Gasteiger partial charge in [0.1, 0.15) is 11.8 Å². The lowest BCUT2D eigenvalue weighted by Crippen LogP contribution is -2.51. The molecule has 1 aliphatic rings. The summed E-state index contributed by atoms with van der Waals surface area (Å²) in [6.07, 6.45) is 5.01. The number of ether oxygens (including phenoxy) is 1. The van der Waals surface area contributed by atoms with Crippen LogP contribution >= 0.6 is 15.9 Å². The van der Waals surface area contributed by atoms with Crippen LogP contribution in [0.4, 0.5) is 0 Å². The summed E-state index contributed by atoms with van der Waals surface area (Å²) in [7, 11) is 0. The lowest BCUT2D eigenvalue weighted by Gasteiger charge is -2.29. The van der Waals surface area contributed by atoms with Gasteiger partial charge in [0.25, 0.3) is 5.91 Å². The number of hydrogen-bond acceptors (Lipinski definition) is 3. The number of hydrogen-bond donors (Lipinski definition) is 1. The summed E-state index contributed by atoms with van der Waals surface area (Å²) in [5.74, 6) is 0.379. The van der Waals surface area contributed by atoms with Crippen molar-refractivity contribution in [2.75, 3.05) is 13.2 Å². The average molecular weight is 501 g/mol. The van der Waals surface area contributed by atoms with Gasteiger partial charge in [-0.05, 0) is 68.9 Å². The Morgan fingerprint density at radius 1 is 1.12 bits per heavy atom. The van der Waals surface area contributed by atoms with Crippen LogP contribution in [0.3, 0.4) is 0 Å². The molecule has 0 saturated heterocycles. The number of rotatable bonds is 9. The fraction of sp³-hybridized carbons (Fsp3) is 0.462. The molecule has 1 fully saturated rings. The molecule has 2 aromatic carbocycles. The van der Waals surface area contributed by atoms with Crippen molar-refractivity contribution in [2.24, 2.45) is 0 Å². The molecule has 172 valence electrons. The van der Waals surface area contributed by atoms with Crippen LogP contribution in [0.15, 0.2) is 46.9 Å².